The molecule has 0 atom stereocenters. The molecule has 0 aliphatic rings. The number of hydrogen-bond acceptors (Lipinski definition) is 2. The summed E-state index contributed by atoms with van der Waals surface area (Å²) in [6.45, 7) is 5.48. The molecule has 1 amide bonds. The molecule has 1 aromatic carbocycles. The average Bonchev–Trinajstić information content (AvgIpc) is 2.17. The van der Waals surface area contributed by atoms with Crippen LogP contribution < -0.4 is 5.73 Å². The first kappa shape index (κ1) is 12.2. The minimum absolute atomic E-state index is 0.436. The van der Waals surface area contributed by atoms with Gasteiger partial charge in [0.1, 0.15) is 0 Å². The number of hydroxylamine groups is 1. The standard InChI is InChI=1S/C12H16N2O2/c1-12(2,3)14(16)8-9-4-6-10(7-5-9)11(13)15/h4-8H,1-3H3,(H2,13,15)/b14-8-. The Labute approximate surface area is 95.0 Å². The topological polar surface area (TPSA) is 69.2 Å². The van der Waals surface area contributed by atoms with Gasteiger partial charge < -0.3 is 10.9 Å². The maximum atomic E-state index is 11.6. The lowest BCUT2D eigenvalue weighted by Crippen LogP contribution is -2.29. The first-order valence-electron chi connectivity index (χ1n) is 5.02. The lowest BCUT2D eigenvalue weighted by Gasteiger charge is -2.18. The highest BCUT2D eigenvalue weighted by Crippen LogP contribution is 2.07. The maximum absolute atomic E-state index is 11.6. The lowest BCUT2D eigenvalue weighted by molar-refractivity contribution is -0.530. The number of nitrogens with two attached hydrogens (primary N) is 1. The highest BCUT2D eigenvalue weighted by atomic mass is 16.5. The van der Waals surface area contributed by atoms with E-state index in [0.717, 1.165) is 10.3 Å². The zero-order valence-electron chi connectivity index (χ0n) is 9.73. The Hall–Kier alpha value is -1.84. The molecule has 0 aliphatic carbocycles. The number of amides is 1. The second-order valence-electron chi connectivity index (χ2n) is 4.61. The quantitative estimate of drug-likeness (QED) is 0.355. The van der Waals surface area contributed by atoms with E-state index in [0.29, 0.717) is 5.56 Å². The zero-order chi connectivity index (χ0) is 12.3. The van der Waals surface area contributed by atoms with Crippen LogP contribution in [0.5, 0.6) is 0 Å². The smallest absolute Gasteiger partial charge is 0.248 e. The van der Waals surface area contributed by atoms with Crippen LogP contribution in [0.4, 0.5) is 0 Å². The summed E-state index contributed by atoms with van der Waals surface area (Å²) in [6, 6.07) is 6.59. The molecule has 4 heteroatoms. The van der Waals surface area contributed by atoms with Crippen molar-refractivity contribution < 1.29 is 9.53 Å². The minimum atomic E-state index is -0.471. The van der Waals surface area contributed by atoms with Crippen molar-refractivity contribution in [3.8, 4) is 0 Å². The Bertz CT molecular complexity index is 414. The van der Waals surface area contributed by atoms with Crippen LogP contribution in [-0.4, -0.2) is 22.4 Å². The Kier molecular flexibility index (Phi) is 3.32. The van der Waals surface area contributed by atoms with Crippen LogP contribution in [0.25, 0.3) is 0 Å². The molecule has 2 N–H and O–H groups in total. The van der Waals surface area contributed by atoms with E-state index in [1.807, 2.05) is 20.8 Å². The van der Waals surface area contributed by atoms with Crippen molar-refractivity contribution in [1.82, 2.24) is 0 Å². The summed E-state index contributed by atoms with van der Waals surface area (Å²) < 4.78 is 0.881. The largest absolute Gasteiger partial charge is 0.623 e. The molecule has 0 heterocycles. The van der Waals surface area contributed by atoms with Gasteiger partial charge in [0.15, 0.2) is 11.8 Å². The Morgan fingerprint density at radius 1 is 1.31 bits per heavy atom. The number of nitrogens with zero attached hydrogens (tertiary/aromatic N) is 1. The first-order chi connectivity index (χ1) is 7.30. The summed E-state index contributed by atoms with van der Waals surface area (Å²) in [5.74, 6) is -0.471. The number of rotatable bonds is 2. The van der Waals surface area contributed by atoms with Gasteiger partial charge in [0.2, 0.25) is 5.91 Å². The van der Waals surface area contributed by atoms with Crippen molar-refractivity contribution >= 4 is 12.1 Å². The van der Waals surface area contributed by atoms with Gasteiger partial charge in [-0.3, -0.25) is 4.79 Å². The van der Waals surface area contributed by atoms with E-state index in [1.165, 1.54) is 6.21 Å². The fraction of sp³-hybridized carbons (Fsp3) is 0.333. The van der Waals surface area contributed by atoms with E-state index in [9.17, 15) is 10.0 Å². The summed E-state index contributed by atoms with van der Waals surface area (Å²) in [5, 5.41) is 11.6. The second kappa shape index (κ2) is 4.35. The third-order valence-electron chi connectivity index (χ3n) is 2.12. The SMILES string of the molecule is CC(C)(C)/[N+]([O-])=C/c1ccc(C(N)=O)cc1. The van der Waals surface area contributed by atoms with Gasteiger partial charge in [-0.25, -0.2) is 4.74 Å². The van der Waals surface area contributed by atoms with Crippen molar-refractivity contribution in [1.29, 1.82) is 0 Å². The van der Waals surface area contributed by atoms with Gasteiger partial charge >= 0.3 is 0 Å². The molecule has 0 saturated carbocycles. The van der Waals surface area contributed by atoms with Gasteiger partial charge in [-0.15, -0.1) is 0 Å². The van der Waals surface area contributed by atoms with Gasteiger partial charge in [0, 0.05) is 31.9 Å². The molecule has 4 nitrogen and oxygen atoms in total. The van der Waals surface area contributed by atoms with E-state index in [1.54, 1.807) is 24.3 Å². The molecule has 1 rings (SSSR count). The van der Waals surface area contributed by atoms with Crippen LogP contribution >= 0.6 is 0 Å². The number of benzene rings is 1. The Morgan fingerprint density at radius 3 is 2.19 bits per heavy atom. The summed E-state index contributed by atoms with van der Waals surface area (Å²) >= 11 is 0. The highest BCUT2D eigenvalue weighted by Gasteiger charge is 2.17. The summed E-state index contributed by atoms with van der Waals surface area (Å²) in [6.07, 6.45) is 1.49. The molecule has 0 unspecified atom stereocenters. The van der Waals surface area contributed by atoms with Gasteiger partial charge in [-0.2, -0.15) is 0 Å². The normalized spacial score (nSPS) is 12.6. The third-order valence-corrected chi connectivity index (χ3v) is 2.12. The van der Waals surface area contributed by atoms with E-state index in [2.05, 4.69) is 0 Å². The van der Waals surface area contributed by atoms with Crippen LogP contribution in [0.2, 0.25) is 0 Å². The Morgan fingerprint density at radius 2 is 1.81 bits per heavy atom. The summed E-state index contributed by atoms with van der Waals surface area (Å²) in [4.78, 5) is 10.8. The Balaban J connectivity index is 2.96. The van der Waals surface area contributed by atoms with Crippen LogP contribution in [0, 0.1) is 5.21 Å². The third kappa shape index (κ3) is 3.08. The summed E-state index contributed by atoms with van der Waals surface area (Å²) in [5.41, 5.74) is 5.82. The predicted octanol–water partition coefficient (Wildman–Crippen LogP) is 1.51. The van der Waals surface area contributed by atoms with Crippen molar-refractivity contribution in [2.75, 3.05) is 0 Å². The van der Waals surface area contributed by atoms with Crippen LogP contribution in [-0.2, 0) is 0 Å². The first-order valence-corrected chi connectivity index (χ1v) is 5.02. The van der Waals surface area contributed by atoms with E-state index in [-0.39, 0.29) is 0 Å². The summed E-state index contributed by atoms with van der Waals surface area (Å²) in [7, 11) is 0. The maximum Gasteiger partial charge on any atom is 0.248 e. The van der Waals surface area contributed by atoms with Gasteiger partial charge in [0.25, 0.3) is 0 Å². The van der Waals surface area contributed by atoms with Crippen LogP contribution in [0.3, 0.4) is 0 Å². The number of carbonyl (C=O) groups is 1. The molecule has 0 spiro atoms. The van der Waals surface area contributed by atoms with Crippen LogP contribution in [0.15, 0.2) is 24.3 Å². The monoisotopic (exact) mass is 220 g/mol. The van der Waals surface area contributed by atoms with Gasteiger partial charge in [-0.05, 0) is 24.3 Å². The van der Waals surface area contributed by atoms with Crippen molar-refractivity contribution in [3.05, 3.63) is 40.6 Å². The minimum Gasteiger partial charge on any atom is -0.623 e. The van der Waals surface area contributed by atoms with E-state index >= 15 is 0 Å². The average molecular weight is 220 g/mol. The molecule has 0 aliphatic heterocycles. The molecule has 0 aromatic heterocycles. The molecular formula is C12H16N2O2. The van der Waals surface area contributed by atoms with Crippen molar-refractivity contribution in [2.24, 2.45) is 5.73 Å². The molecule has 86 valence electrons. The molecule has 0 fully saturated rings. The second-order valence-corrected chi connectivity index (χ2v) is 4.61. The fourth-order valence-corrected chi connectivity index (χ4v) is 1.06. The number of primary amides is 1. The molecule has 0 saturated heterocycles. The molecule has 0 bridgehead atoms. The van der Waals surface area contributed by atoms with Crippen molar-refractivity contribution in [2.45, 2.75) is 26.3 Å². The number of carbonyl (C=O) groups excluding carboxylic acids is 1. The molecular weight excluding hydrogens is 204 g/mol. The van der Waals surface area contributed by atoms with Gasteiger partial charge in [0.05, 0.1) is 0 Å². The molecule has 1 aromatic rings. The fourth-order valence-electron chi connectivity index (χ4n) is 1.06. The van der Waals surface area contributed by atoms with Crippen molar-refractivity contribution in [3.63, 3.8) is 0 Å². The zero-order valence-corrected chi connectivity index (χ0v) is 9.73. The number of hydrogen-bond donors (Lipinski definition) is 1. The molecule has 0 radical (unpaired) electrons. The lowest BCUT2D eigenvalue weighted by atomic mass is 10.1. The predicted molar refractivity (Wildman–Crippen MR) is 63.5 cm³/mol. The van der Waals surface area contributed by atoms with E-state index in [4.69, 9.17) is 5.73 Å². The highest BCUT2D eigenvalue weighted by molar-refractivity contribution is 5.93. The molecule has 16 heavy (non-hydrogen) atoms. The van der Waals surface area contributed by atoms with E-state index < -0.39 is 11.4 Å². The van der Waals surface area contributed by atoms with Gasteiger partial charge in [-0.1, -0.05) is 0 Å². The van der Waals surface area contributed by atoms with Crippen LogP contribution in [0.1, 0.15) is 36.7 Å².